The lowest BCUT2D eigenvalue weighted by molar-refractivity contribution is -0.131. The fraction of sp³-hybridized carbons (Fsp3) is 0.360. The molecule has 0 saturated carbocycles. The van der Waals surface area contributed by atoms with Crippen LogP contribution in [-0.2, 0) is 17.8 Å². The Morgan fingerprint density at radius 1 is 1.13 bits per heavy atom. The first kappa shape index (κ1) is 20.8. The van der Waals surface area contributed by atoms with Crippen molar-refractivity contribution >= 4 is 17.2 Å². The molecule has 2 aromatic heterocycles. The molecule has 1 atom stereocenters. The number of nitrogens with one attached hydrogen (secondary N) is 1. The molecule has 4 rings (SSSR count). The van der Waals surface area contributed by atoms with E-state index < -0.39 is 0 Å². The molecule has 5 heteroatoms. The molecule has 1 saturated heterocycles. The van der Waals surface area contributed by atoms with Crippen LogP contribution < -0.4 is 5.32 Å². The summed E-state index contributed by atoms with van der Waals surface area (Å²) < 4.78 is 0. The number of amides is 1. The van der Waals surface area contributed by atoms with Gasteiger partial charge >= 0.3 is 0 Å². The number of hydrogen-bond donors (Lipinski definition) is 1. The van der Waals surface area contributed by atoms with Crippen molar-refractivity contribution in [3.05, 3.63) is 77.4 Å². The average Bonchev–Trinajstić information content (AvgIpc) is 3.40. The van der Waals surface area contributed by atoms with E-state index >= 15 is 0 Å². The standard InChI is InChI=1S/C25H29N3OS/c1-19(2)27-24(29)25(11-14-28(18-25)17-21-9-12-26-13-10-21)16-20-5-7-22(8-6-20)23-4-3-15-30-23/h3-10,12-13,15,19H,11,14,16-18H2,1-2H3,(H,27,29)/t25-/m0/s1. The molecule has 30 heavy (non-hydrogen) atoms. The van der Waals surface area contributed by atoms with E-state index in [1.165, 1.54) is 21.6 Å². The summed E-state index contributed by atoms with van der Waals surface area (Å²) in [5.41, 5.74) is 3.31. The number of hydrogen-bond acceptors (Lipinski definition) is 4. The number of carbonyl (C=O) groups excluding carboxylic acids is 1. The van der Waals surface area contributed by atoms with Crippen molar-refractivity contribution in [1.82, 2.24) is 15.2 Å². The largest absolute Gasteiger partial charge is 0.353 e. The maximum atomic E-state index is 13.3. The smallest absolute Gasteiger partial charge is 0.228 e. The van der Waals surface area contributed by atoms with Crippen molar-refractivity contribution in [2.75, 3.05) is 13.1 Å². The fourth-order valence-corrected chi connectivity index (χ4v) is 5.02. The molecule has 4 nitrogen and oxygen atoms in total. The molecule has 0 radical (unpaired) electrons. The number of thiophene rings is 1. The molecule has 1 aliphatic heterocycles. The van der Waals surface area contributed by atoms with E-state index in [-0.39, 0.29) is 17.4 Å². The van der Waals surface area contributed by atoms with Gasteiger partial charge in [0.05, 0.1) is 5.41 Å². The SMILES string of the molecule is CC(C)NC(=O)[C@]1(Cc2ccc(-c3cccs3)cc2)CCN(Cc2ccncc2)C1. The van der Waals surface area contributed by atoms with Crippen molar-refractivity contribution in [2.45, 2.75) is 39.3 Å². The normalized spacial score (nSPS) is 19.3. The molecule has 1 aromatic carbocycles. The zero-order chi connectivity index (χ0) is 21.0. The van der Waals surface area contributed by atoms with E-state index in [2.05, 4.69) is 69.1 Å². The van der Waals surface area contributed by atoms with Gasteiger partial charge in [-0.05, 0) is 73.5 Å². The summed E-state index contributed by atoms with van der Waals surface area (Å²) in [4.78, 5) is 21.1. The summed E-state index contributed by atoms with van der Waals surface area (Å²) in [7, 11) is 0. The second kappa shape index (κ2) is 9.11. The van der Waals surface area contributed by atoms with E-state index in [0.717, 1.165) is 32.5 Å². The second-order valence-corrected chi connectivity index (χ2v) is 9.52. The summed E-state index contributed by atoms with van der Waals surface area (Å²) in [6.07, 6.45) is 5.31. The molecule has 0 aliphatic carbocycles. The first-order chi connectivity index (χ1) is 14.5. The van der Waals surface area contributed by atoms with Gasteiger partial charge in [-0.15, -0.1) is 11.3 Å². The fourth-order valence-electron chi connectivity index (χ4n) is 4.29. The van der Waals surface area contributed by atoms with Gasteiger partial charge in [0.15, 0.2) is 0 Å². The molecule has 0 spiro atoms. The van der Waals surface area contributed by atoms with Gasteiger partial charge in [-0.3, -0.25) is 14.7 Å². The van der Waals surface area contributed by atoms with Crippen molar-refractivity contribution in [3.8, 4) is 10.4 Å². The first-order valence-electron chi connectivity index (χ1n) is 10.6. The highest BCUT2D eigenvalue weighted by atomic mass is 32.1. The molecule has 0 bridgehead atoms. The topological polar surface area (TPSA) is 45.2 Å². The molecule has 1 fully saturated rings. The van der Waals surface area contributed by atoms with Crippen molar-refractivity contribution in [1.29, 1.82) is 0 Å². The number of pyridine rings is 1. The van der Waals surface area contributed by atoms with Crippen molar-refractivity contribution in [2.24, 2.45) is 5.41 Å². The number of aromatic nitrogens is 1. The lowest BCUT2D eigenvalue weighted by Crippen LogP contribution is -2.46. The maximum absolute atomic E-state index is 13.3. The molecule has 1 amide bonds. The number of likely N-dealkylation sites (tertiary alicyclic amines) is 1. The highest BCUT2D eigenvalue weighted by Crippen LogP contribution is 2.36. The minimum atomic E-state index is -0.387. The van der Waals surface area contributed by atoms with Crippen LogP contribution in [0.25, 0.3) is 10.4 Å². The van der Waals surface area contributed by atoms with Crippen LogP contribution in [0.3, 0.4) is 0 Å². The molecule has 0 unspecified atom stereocenters. The van der Waals surface area contributed by atoms with Crippen LogP contribution >= 0.6 is 11.3 Å². The van der Waals surface area contributed by atoms with Crippen LogP contribution in [0.15, 0.2) is 66.3 Å². The Balaban J connectivity index is 1.52. The van der Waals surface area contributed by atoms with E-state index in [1.54, 1.807) is 11.3 Å². The van der Waals surface area contributed by atoms with E-state index in [1.807, 2.05) is 26.2 Å². The van der Waals surface area contributed by atoms with Gasteiger partial charge in [0.2, 0.25) is 5.91 Å². The van der Waals surface area contributed by atoms with Crippen LogP contribution in [-0.4, -0.2) is 34.9 Å². The summed E-state index contributed by atoms with van der Waals surface area (Å²) in [6, 6.07) is 17.2. The summed E-state index contributed by atoms with van der Waals surface area (Å²) >= 11 is 1.75. The van der Waals surface area contributed by atoms with Crippen LogP contribution in [0.4, 0.5) is 0 Å². The average molecular weight is 420 g/mol. The number of carbonyl (C=O) groups is 1. The molecular formula is C25H29N3OS. The second-order valence-electron chi connectivity index (χ2n) is 8.58. The minimum absolute atomic E-state index is 0.143. The summed E-state index contributed by atoms with van der Waals surface area (Å²) in [6.45, 7) is 6.63. The number of benzene rings is 1. The van der Waals surface area contributed by atoms with Gasteiger partial charge < -0.3 is 5.32 Å². The highest BCUT2D eigenvalue weighted by molar-refractivity contribution is 7.13. The van der Waals surface area contributed by atoms with Gasteiger partial charge in [0.1, 0.15) is 0 Å². The number of nitrogens with zero attached hydrogens (tertiary/aromatic N) is 2. The van der Waals surface area contributed by atoms with Crippen molar-refractivity contribution in [3.63, 3.8) is 0 Å². The van der Waals surface area contributed by atoms with Gasteiger partial charge in [0.25, 0.3) is 0 Å². The Bertz CT molecular complexity index is 954. The van der Waals surface area contributed by atoms with E-state index in [9.17, 15) is 4.79 Å². The third-order valence-corrected chi connectivity index (χ3v) is 6.71. The Kier molecular flexibility index (Phi) is 6.30. The molecule has 156 valence electrons. The van der Waals surface area contributed by atoms with Crippen molar-refractivity contribution < 1.29 is 4.79 Å². The van der Waals surface area contributed by atoms with Crippen LogP contribution in [0.1, 0.15) is 31.4 Å². The Hall–Kier alpha value is -2.50. The zero-order valence-corrected chi connectivity index (χ0v) is 18.5. The molecule has 1 N–H and O–H groups in total. The lowest BCUT2D eigenvalue weighted by Gasteiger charge is -2.30. The summed E-state index contributed by atoms with van der Waals surface area (Å²) in [5.74, 6) is 0.178. The van der Waals surface area contributed by atoms with Crippen LogP contribution in [0.5, 0.6) is 0 Å². The summed E-state index contributed by atoms with van der Waals surface area (Å²) in [5, 5.41) is 5.29. The molecule has 1 aliphatic rings. The van der Waals surface area contributed by atoms with Crippen LogP contribution in [0, 0.1) is 5.41 Å². The van der Waals surface area contributed by atoms with E-state index in [4.69, 9.17) is 0 Å². The maximum Gasteiger partial charge on any atom is 0.228 e. The highest BCUT2D eigenvalue weighted by Gasteiger charge is 2.44. The van der Waals surface area contributed by atoms with Crippen LogP contribution in [0.2, 0.25) is 0 Å². The predicted molar refractivity (Wildman–Crippen MR) is 123 cm³/mol. The predicted octanol–water partition coefficient (Wildman–Crippen LogP) is 4.77. The van der Waals surface area contributed by atoms with E-state index in [0.29, 0.717) is 0 Å². The van der Waals surface area contributed by atoms with Gasteiger partial charge in [0, 0.05) is 36.4 Å². The number of rotatable bonds is 7. The zero-order valence-electron chi connectivity index (χ0n) is 17.7. The monoisotopic (exact) mass is 419 g/mol. The minimum Gasteiger partial charge on any atom is -0.353 e. The first-order valence-corrected chi connectivity index (χ1v) is 11.5. The molecule has 3 aromatic rings. The third kappa shape index (κ3) is 4.79. The van der Waals surface area contributed by atoms with Gasteiger partial charge in [-0.1, -0.05) is 30.3 Å². The van der Waals surface area contributed by atoms with Gasteiger partial charge in [-0.25, -0.2) is 0 Å². The third-order valence-electron chi connectivity index (χ3n) is 5.79. The Labute approximate surface area is 183 Å². The quantitative estimate of drug-likeness (QED) is 0.600. The molecular weight excluding hydrogens is 390 g/mol. The Morgan fingerprint density at radius 3 is 2.57 bits per heavy atom. The Morgan fingerprint density at radius 2 is 1.90 bits per heavy atom. The molecule has 3 heterocycles. The lowest BCUT2D eigenvalue weighted by atomic mass is 9.79. The van der Waals surface area contributed by atoms with Gasteiger partial charge in [-0.2, -0.15) is 0 Å².